The van der Waals surface area contributed by atoms with E-state index in [-0.39, 0.29) is 6.03 Å². The highest BCUT2D eigenvalue weighted by Gasteiger charge is 2.44. The van der Waals surface area contributed by atoms with Crippen LogP contribution in [0.3, 0.4) is 0 Å². The van der Waals surface area contributed by atoms with Gasteiger partial charge in [-0.2, -0.15) is 0 Å². The van der Waals surface area contributed by atoms with Crippen molar-refractivity contribution in [2.45, 2.75) is 44.1 Å². The third-order valence-electron chi connectivity index (χ3n) is 4.58. The Morgan fingerprint density at radius 1 is 1.41 bits per heavy atom. The van der Waals surface area contributed by atoms with Crippen molar-refractivity contribution in [1.82, 2.24) is 5.32 Å². The van der Waals surface area contributed by atoms with E-state index in [2.05, 4.69) is 16.6 Å². The number of carbonyl (C=O) groups is 1. The summed E-state index contributed by atoms with van der Waals surface area (Å²) in [7, 11) is 1.64. The number of nitrogens with one attached hydrogen (secondary N) is 2. The van der Waals surface area contributed by atoms with Crippen LogP contribution in [0.1, 0.15) is 43.2 Å². The second kappa shape index (κ2) is 5.73. The molecule has 0 saturated heterocycles. The maximum Gasteiger partial charge on any atom is 0.319 e. The Morgan fingerprint density at radius 2 is 2.14 bits per heavy atom. The average molecular weight is 319 g/mol. The lowest BCUT2D eigenvalue weighted by atomic mass is 9.74. The fourth-order valence-corrected chi connectivity index (χ4v) is 3.97. The van der Waals surface area contributed by atoms with Gasteiger partial charge in [-0.05, 0) is 18.9 Å². The third kappa shape index (κ3) is 2.30. The SMILES string of the molecule is C#CCc1cc(Cl)c2c(c1OC)C1(CCCCC1)NC(=O)N2. The average Bonchev–Trinajstić information content (AvgIpc) is 2.50. The quantitative estimate of drug-likeness (QED) is 0.814. The minimum absolute atomic E-state index is 0.206. The molecule has 116 valence electrons. The van der Waals surface area contributed by atoms with Crippen molar-refractivity contribution in [2.75, 3.05) is 12.4 Å². The Balaban J connectivity index is 2.26. The predicted molar refractivity (Wildman–Crippen MR) is 87.5 cm³/mol. The van der Waals surface area contributed by atoms with Crippen molar-refractivity contribution < 1.29 is 9.53 Å². The molecule has 5 heteroatoms. The molecule has 2 amide bonds. The molecule has 1 aliphatic carbocycles. The Labute approximate surface area is 135 Å². The van der Waals surface area contributed by atoms with Gasteiger partial charge in [-0.1, -0.05) is 30.9 Å². The number of carbonyl (C=O) groups excluding carboxylic acids is 1. The smallest absolute Gasteiger partial charge is 0.319 e. The fraction of sp³-hybridized carbons (Fsp3) is 0.471. The zero-order valence-corrected chi connectivity index (χ0v) is 13.3. The Kier molecular flexibility index (Phi) is 3.92. The highest BCUT2D eigenvalue weighted by atomic mass is 35.5. The molecular formula is C17H19ClN2O2. The monoisotopic (exact) mass is 318 g/mol. The van der Waals surface area contributed by atoms with Crippen molar-refractivity contribution in [1.29, 1.82) is 0 Å². The van der Waals surface area contributed by atoms with Gasteiger partial charge in [0.25, 0.3) is 0 Å². The molecule has 2 aliphatic rings. The topological polar surface area (TPSA) is 50.4 Å². The lowest BCUT2D eigenvalue weighted by Crippen LogP contribution is -2.53. The molecule has 1 heterocycles. The van der Waals surface area contributed by atoms with Gasteiger partial charge in [-0.25, -0.2) is 4.79 Å². The fourth-order valence-electron chi connectivity index (χ4n) is 3.69. The third-order valence-corrected chi connectivity index (χ3v) is 4.88. The van der Waals surface area contributed by atoms with E-state index in [1.54, 1.807) is 13.2 Å². The number of urea groups is 1. The summed E-state index contributed by atoms with van der Waals surface area (Å²) in [5, 5.41) is 6.46. The lowest BCUT2D eigenvalue weighted by Gasteiger charge is -2.43. The first-order chi connectivity index (χ1) is 10.6. The number of amides is 2. The van der Waals surface area contributed by atoms with Crippen LogP contribution in [-0.2, 0) is 12.0 Å². The van der Waals surface area contributed by atoms with Crippen molar-refractivity contribution >= 4 is 23.3 Å². The molecular weight excluding hydrogens is 300 g/mol. The molecule has 0 bridgehead atoms. The number of methoxy groups -OCH3 is 1. The standard InChI is InChI=1S/C17H19ClN2O2/c1-3-7-11-10-12(18)14-13(15(11)22-2)17(20-16(21)19-14)8-5-4-6-9-17/h1,10H,4-9H2,2H3,(H2,19,20,21). The number of ether oxygens (including phenoxy) is 1. The molecule has 1 aromatic carbocycles. The second-order valence-corrected chi connectivity index (χ2v) is 6.31. The van der Waals surface area contributed by atoms with Crippen LogP contribution in [0.5, 0.6) is 5.75 Å². The van der Waals surface area contributed by atoms with Crippen LogP contribution in [0.4, 0.5) is 10.5 Å². The molecule has 4 nitrogen and oxygen atoms in total. The molecule has 0 aromatic heterocycles. The van der Waals surface area contributed by atoms with Gasteiger partial charge >= 0.3 is 6.03 Å². The van der Waals surface area contributed by atoms with Gasteiger partial charge in [0.1, 0.15) is 5.75 Å². The zero-order valence-electron chi connectivity index (χ0n) is 12.6. The molecule has 0 radical (unpaired) electrons. The van der Waals surface area contributed by atoms with Crippen molar-refractivity contribution in [3.8, 4) is 18.1 Å². The highest BCUT2D eigenvalue weighted by Crippen LogP contribution is 2.50. The summed E-state index contributed by atoms with van der Waals surface area (Å²) in [4.78, 5) is 12.1. The Bertz CT molecular complexity index is 658. The van der Waals surface area contributed by atoms with E-state index in [1.807, 2.05) is 0 Å². The summed E-state index contributed by atoms with van der Waals surface area (Å²) in [6, 6.07) is 1.59. The number of terminal acetylenes is 1. The van der Waals surface area contributed by atoms with Crippen molar-refractivity contribution in [2.24, 2.45) is 0 Å². The van der Waals surface area contributed by atoms with E-state index < -0.39 is 5.54 Å². The summed E-state index contributed by atoms with van der Waals surface area (Å²) in [5.74, 6) is 3.39. The minimum Gasteiger partial charge on any atom is -0.496 e. The van der Waals surface area contributed by atoms with Crippen LogP contribution >= 0.6 is 11.6 Å². The molecule has 1 fully saturated rings. The summed E-state index contributed by atoms with van der Waals surface area (Å²) in [6.45, 7) is 0. The number of hydrogen-bond donors (Lipinski definition) is 2. The van der Waals surface area contributed by atoms with E-state index >= 15 is 0 Å². The van der Waals surface area contributed by atoms with Crippen molar-refractivity contribution in [3.63, 3.8) is 0 Å². The maximum absolute atomic E-state index is 12.1. The molecule has 0 unspecified atom stereocenters. The summed E-state index contributed by atoms with van der Waals surface area (Å²) in [5.41, 5.74) is 2.09. The molecule has 2 N–H and O–H groups in total. The highest BCUT2D eigenvalue weighted by molar-refractivity contribution is 6.34. The van der Waals surface area contributed by atoms with Gasteiger partial charge in [0.05, 0.1) is 23.4 Å². The van der Waals surface area contributed by atoms with Crippen LogP contribution in [-0.4, -0.2) is 13.1 Å². The number of rotatable bonds is 2. The molecule has 1 saturated carbocycles. The van der Waals surface area contributed by atoms with E-state index in [0.29, 0.717) is 17.1 Å². The first-order valence-electron chi connectivity index (χ1n) is 7.54. The molecule has 3 rings (SSSR count). The number of benzene rings is 1. The van der Waals surface area contributed by atoms with E-state index in [0.717, 1.165) is 42.6 Å². The van der Waals surface area contributed by atoms with Gasteiger partial charge in [-0.15, -0.1) is 12.3 Å². The largest absolute Gasteiger partial charge is 0.496 e. The summed E-state index contributed by atoms with van der Waals surface area (Å²) in [6.07, 6.45) is 11.0. The molecule has 1 aliphatic heterocycles. The molecule has 1 spiro atoms. The summed E-state index contributed by atoms with van der Waals surface area (Å²) >= 11 is 6.41. The Morgan fingerprint density at radius 3 is 2.77 bits per heavy atom. The molecule has 22 heavy (non-hydrogen) atoms. The number of hydrogen-bond acceptors (Lipinski definition) is 2. The van der Waals surface area contributed by atoms with E-state index in [1.165, 1.54) is 6.42 Å². The zero-order chi connectivity index (χ0) is 15.7. The lowest BCUT2D eigenvalue weighted by molar-refractivity contribution is 0.205. The van der Waals surface area contributed by atoms with E-state index in [4.69, 9.17) is 22.8 Å². The predicted octanol–water partition coefficient (Wildman–Crippen LogP) is 3.82. The van der Waals surface area contributed by atoms with Crippen molar-refractivity contribution in [3.05, 3.63) is 22.2 Å². The van der Waals surface area contributed by atoms with Gasteiger partial charge in [-0.3, -0.25) is 0 Å². The number of halogens is 1. The van der Waals surface area contributed by atoms with Gasteiger partial charge in [0.2, 0.25) is 0 Å². The van der Waals surface area contributed by atoms with Gasteiger partial charge in [0, 0.05) is 17.5 Å². The Hall–Kier alpha value is -1.86. The summed E-state index contributed by atoms with van der Waals surface area (Å²) < 4.78 is 5.67. The van der Waals surface area contributed by atoms with Crippen LogP contribution in [0.15, 0.2) is 6.07 Å². The van der Waals surface area contributed by atoms with Crippen LogP contribution in [0, 0.1) is 12.3 Å². The minimum atomic E-state index is -0.407. The van der Waals surface area contributed by atoms with Crippen LogP contribution < -0.4 is 15.4 Å². The van der Waals surface area contributed by atoms with Crippen LogP contribution in [0.2, 0.25) is 5.02 Å². The number of anilines is 1. The first-order valence-corrected chi connectivity index (χ1v) is 7.91. The van der Waals surface area contributed by atoms with E-state index in [9.17, 15) is 4.79 Å². The first kappa shape index (κ1) is 15.1. The molecule has 0 atom stereocenters. The second-order valence-electron chi connectivity index (χ2n) is 5.90. The number of fused-ring (bicyclic) bond motifs is 2. The van der Waals surface area contributed by atoms with Crippen LogP contribution in [0.25, 0.3) is 0 Å². The molecule has 1 aromatic rings. The maximum atomic E-state index is 12.1. The van der Waals surface area contributed by atoms with Gasteiger partial charge in [0.15, 0.2) is 0 Å². The van der Waals surface area contributed by atoms with Gasteiger partial charge < -0.3 is 15.4 Å². The normalized spacial score (nSPS) is 18.9.